The number of nitrogens with zero attached hydrogens (tertiary/aromatic N) is 2. The molecule has 0 saturated carbocycles. The van der Waals surface area contributed by atoms with Crippen LogP contribution in [0.5, 0.6) is 0 Å². The highest BCUT2D eigenvalue weighted by atomic mass is 32.1. The Morgan fingerprint density at radius 1 is 1.04 bits per heavy atom. The number of hydrogen-bond donors (Lipinski definition) is 0. The van der Waals surface area contributed by atoms with Crippen LogP contribution in [0.1, 0.15) is 22.9 Å². The summed E-state index contributed by atoms with van der Waals surface area (Å²) in [6, 6.07) is 12.1. The minimum absolute atomic E-state index is 0.0344. The summed E-state index contributed by atoms with van der Waals surface area (Å²) in [6.07, 6.45) is 1.97. The molecule has 0 bridgehead atoms. The van der Waals surface area contributed by atoms with Gasteiger partial charge in [-0.2, -0.15) is 0 Å². The summed E-state index contributed by atoms with van der Waals surface area (Å²) >= 11 is 1.57. The Labute approximate surface area is 152 Å². The Balaban J connectivity index is 1.86. The van der Waals surface area contributed by atoms with Crippen LogP contribution >= 0.6 is 11.3 Å². The molecule has 0 N–H and O–H groups in total. The van der Waals surface area contributed by atoms with Crippen molar-refractivity contribution in [3.05, 3.63) is 57.8 Å². The summed E-state index contributed by atoms with van der Waals surface area (Å²) in [4.78, 5) is 29.2. The highest BCUT2D eigenvalue weighted by molar-refractivity contribution is 7.11. The number of aryl methyl sites for hydroxylation is 1. The third-order valence-electron chi connectivity index (χ3n) is 4.38. The van der Waals surface area contributed by atoms with Gasteiger partial charge in [0, 0.05) is 38.0 Å². The molecule has 5 heteroatoms. The van der Waals surface area contributed by atoms with Crippen molar-refractivity contribution < 1.29 is 9.59 Å². The van der Waals surface area contributed by atoms with E-state index in [1.807, 2.05) is 53.6 Å². The Bertz CT molecular complexity index is 788. The molecule has 0 atom stereocenters. The van der Waals surface area contributed by atoms with Crippen LogP contribution < -0.4 is 0 Å². The van der Waals surface area contributed by atoms with Crippen LogP contribution in [0.2, 0.25) is 0 Å². The summed E-state index contributed by atoms with van der Waals surface area (Å²) in [5.41, 5.74) is 2.91. The largest absolute Gasteiger partial charge is 0.339 e. The average Bonchev–Trinajstić information content (AvgIpc) is 3.13. The topological polar surface area (TPSA) is 40.6 Å². The number of hydrogen-bond acceptors (Lipinski definition) is 3. The van der Waals surface area contributed by atoms with Gasteiger partial charge in [0.05, 0.1) is 5.57 Å². The molecular formula is C20H22N2O2S. The number of benzene rings is 1. The molecule has 4 nitrogen and oxygen atoms in total. The minimum atomic E-state index is 0.0344. The lowest BCUT2D eigenvalue weighted by molar-refractivity contribution is -0.135. The number of carbonyl (C=O) groups excluding carboxylic acids is 2. The van der Waals surface area contributed by atoms with Gasteiger partial charge >= 0.3 is 0 Å². The average molecular weight is 354 g/mol. The van der Waals surface area contributed by atoms with Crippen LogP contribution in [0.15, 0.2) is 41.8 Å². The van der Waals surface area contributed by atoms with Gasteiger partial charge in [0.1, 0.15) is 0 Å². The second-order valence-electron chi connectivity index (χ2n) is 6.25. The fourth-order valence-corrected chi connectivity index (χ4v) is 3.73. The van der Waals surface area contributed by atoms with Crippen LogP contribution in [-0.4, -0.2) is 47.8 Å². The standard InChI is InChI=1S/C20H22N2O2S/c1-15-5-3-6-17(13-15)14-18(19-7-4-12-25-19)20(24)22-10-8-21(9-11-22)16(2)23/h3-7,12-14H,8-11H2,1-2H3. The van der Waals surface area contributed by atoms with E-state index in [4.69, 9.17) is 0 Å². The molecule has 1 fully saturated rings. The number of carbonyl (C=O) groups is 2. The number of thiophene rings is 1. The van der Waals surface area contributed by atoms with E-state index in [0.717, 1.165) is 16.0 Å². The second-order valence-corrected chi connectivity index (χ2v) is 7.20. The minimum Gasteiger partial charge on any atom is -0.339 e. The Morgan fingerprint density at radius 2 is 1.76 bits per heavy atom. The number of rotatable bonds is 3. The first-order chi connectivity index (χ1) is 12.0. The number of amides is 2. The Kier molecular flexibility index (Phi) is 5.34. The monoisotopic (exact) mass is 354 g/mol. The van der Waals surface area contributed by atoms with Crippen molar-refractivity contribution in [2.24, 2.45) is 0 Å². The Hall–Kier alpha value is -2.40. The number of piperazine rings is 1. The van der Waals surface area contributed by atoms with E-state index in [0.29, 0.717) is 26.2 Å². The molecule has 1 aromatic carbocycles. The zero-order valence-electron chi connectivity index (χ0n) is 14.6. The first-order valence-electron chi connectivity index (χ1n) is 8.41. The van der Waals surface area contributed by atoms with Gasteiger partial charge in [-0.05, 0) is 30.0 Å². The summed E-state index contributed by atoms with van der Waals surface area (Å²) < 4.78 is 0. The maximum Gasteiger partial charge on any atom is 0.255 e. The third kappa shape index (κ3) is 4.17. The molecule has 0 spiro atoms. The van der Waals surface area contributed by atoms with E-state index < -0.39 is 0 Å². The molecule has 0 unspecified atom stereocenters. The highest BCUT2D eigenvalue weighted by Crippen LogP contribution is 2.26. The first kappa shape index (κ1) is 17.4. The van der Waals surface area contributed by atoms with Crippen LogP contribution in [0.3, 0.4) is 0 Å². The van der Waals surface area contributed by atoms with Gasteiger partial charge < -0.3 is 9.80 Å². The van der Waals surface area contributed by atoms with Crippen molar-refractivity contribution >= 4 is 34.8 Å². The normalized spacial score (nSPS) is 15.4. The van der Waals surface area contributed by atoms with Gasteiger partial charge in [-0.15, -0.1) is 11.3 Å². The van der Waals surface area contributed by atoms with Gasteiger partial charge in [-0.25, -0.2) is 0 Å². The summed E-state index contributed by atoms with van der Waals surface area (Å²) in [6.45, 7) is 5.98. The molecule has 1 saturated heterocycles. The molecule has 3 rings (SSSR count). The van der Waals surface area contributed by atoms with Crippen molar-refractivity contribution in [3.8, 4) is 0 Å². The lowest BCUT2D eigenvalue weighted by atomic mass is 10.1. The molecular weight excluding hydrogens is 332 g/mol. The molecule has 1 aliphatic rings. The second kappa shape index (κ2) is 7.66. The van der Waals surface area contributed by atoms with E-state index in [1.165, 1.54) is 5.56 Å². The van der Waals surface area contributed by atoms with Crippen molar-refractivity contribution in [3.63, 3.8) is 0 Å². The molecule has 130 valence electrons. The molecule has 25 heavy (non-hydrogen) atoms. The molecule has 2 aromatic rings. The van der Waals surface area contributed by atoms with Crippen LogP contribution in [0, 0.1) is 6.92 Å². The SMILES string of the molecule is CC(=O)N1CCN(C(=O)C(=Cc2cccc(C)c2)c2cccs2)CC1. The predicted molar refractivity (Wildman–Crippen MR) is 102 cm³/mol. The summed E-state index contributed by atoms with van der Waals surface area (Å²) in [7, 11) is 0. The molecule has 0 radical (unpaired) electrons. The van der Waals surface area contributed by atoms with Crippen molar-refractivity contribution in [1.29, 1.82) is 0 Å². The first-order valence-corrected chi connectivity index (χ1v) is 9.29. The van der Waals surface area contributed by atoms with Crippen molar-refractivity contribution in [1.82, 2.24) is 9.80 Å². The third-order valence-corrected chi connectivity index (χ3v) is 5.29. The molecule has 1 aromatic heterocycles. The van der Waals surface area contributed by atoms with Gasteiger partial charge in [-0.3, -0.25) is 9.59 Å². The lowest BCUT2D eigenvalue weighted by Crippen LogP contribution is -2.50. The fourth-order valence-electron chi connectivity index (χ4n) is 2.99. The molecule has 2 heterocycles. The van der Waals surface area contributed by atoms with Crippen LogP contribution in [0.4, 0.5) is 0 Å². The highest BCUT2D eigenvalue weighted by Gasteiger charge is 2.25. The molecule has 1 aliphatic heterocycles. The van der Waals surface area contributed by atoms with Gasteiger partial charge in [-0.1, -0.05) is 35.9 Å². The summed E-state index contributed by atoms with van der Waals surface area (Å²) in [5, 5.41) is 1.99. The molecule has 0 aliphatic carbocycles. The smallest absolute Gasteiger partial charge is 0.255 e. The lowest BCUT2D eigenvalue weighted by Gasteiger charge is -2.34. The van der Waals surface area contributed by atoms with Crippen molar-refractivity contribution in [2.45, 2.75) is 13.8 Å². The van der Waals surface area contributed by atoms with Gasteiger partial charge in [0.15, 0.2) is 0 Å². The fraction of sp³-hybridized carbons (Fsp3) is 0.300. The van der Waals surface area contributed by atoms with Crippen LogP contribution in [-0.2, 0) is 9.59 Å². The van der Waals surface area contributed by atoms with E-state index >= 15 is 0 Å². The zero-order valence-corrected chi connectivity index (χ0v) is 15.4. The molecule has 2 amide bonds. The maximum atomic E-state index is 13.1. The van der Waals surface area contributed by atoms with E-state index in [-0.39, 0.29) is 11.8 Å². The quantitative estimate of drug-likeness (QED) is 0.794. The van der Waals surface area contributed by atoms with Gasteiger partial charge in [0.2, 0.25) is 5.91 Å². The predicted octanol–water partition coefficient (Wildman–Crippen LogP) is 3.29. The van der Waals surface area contributed by atoms with Gasteiger partial charge in [0.25, 0.3) is 5.91 Å². The van der Waals surface area contributed by atoms with E-state index in [1.54, 1.807) is 23.2 Å². The summed E-state index contributed by atoms with van der Waals surface area (Å²) in [5.74, 6) is 0.105. The Morgan fingerprint density at radius 3 is 2.36 bits per heavy atom. The van der Waals surface area contributed by atoms with E-state index in [9.17, 15) is 9.59 Å². The van der Waals surface area contributed by atoms with Crippen molar-refractivity contribution in [2.75, 3.05) is 26.2 Å². The maximum absolute atomic E-state index is 13.1. The van der Waals surface area contributed by atoms with Crippen LogP contribution in [0.25, 0.3) is 11.6 Å². The van der Waals surface area contributed by atoms with E-state index in [2.05, 4.69) is 6.07 Å². The zero-order chi connectivity index (χ0) is 17.8.